The Labute approximate surface area is 83.9 Å². The van der Waals surface area contributed by atoms with E-state index in [2.05, 4.69) is 10.3 Å². The molecule has 0 radical (unpaired) electrons. The zero-order valence-corrected chi connectivity index (χ0v) is 8.25. The normalized spacial score (nSPS) is 18.4. The molecule has 1 saturated carbocycles. The highest BCUT2D eigenvalue weighted by Crippen LogP contribution is 2.21. The summed E-state index contributed by atoms with van der Waals surface area (Å²) < 4.78 is 0. The number of hydrogen-bond donors (Lipinski definition) is 2. The Bertz CT molecular complexity index is 282. The second-order valence-corrected chi connectivity index (χ2v) is 3.96. The van der Waals surface area contributed by atoms with E-state index < -0.39 is 0 Å². The van der Waals surface area contributed by atoms with Gasteiger partial charge in [0, 0.05) is 31.8 Å². The van der Waals surface area contributed by atoms with E-state index in [0.29, 0.717) is 11.7 Å². The zero-order valence-electron chi connectivity index (χ0n) is 8.25. The van der Waals surface area contributed by atoms with Crippen LogP contribution in [0.2, 0.25) is 0 Å². The molecule has 0 aromatic carbocycles. The molecule has 14 heavy (non-hydrogen) atoms. The van der Waals surface area contributed by atoms with Gasteiger partial charge in [-0.25, -0.2) is 0 Å². The molecule has 2 rings (SSSR count). The first-order chi connectivity index (χ1) is 6.84. The predicted octanol–water partition coefficient (Wildman–Crippen LogP) is 2.19. The molecule has 0 amide bonds. The molecule has 3 nitrogen and oxygen atoms in total. The maximum Gasteiger partial charge on any atom is 0.132 e. The monoisotopic (exact) mass is 192 g/mol. The first-order valence-corrected chi connectivity index (χ1v) is 5.23. The second-order valence-electron chi connectivity index (χ2n) is 3.96. The fourth-order valence-corrected chi connectivity index (χ4v) is 1.90. The topological polar surface area (TPSA) is 44.9 Å². The fourth-order valence-electron chi connectivity index (χ4n) is 1.90. The number of carbonyl (C=O) groups excluding carboxylic acids is 1. The predicted molar refractivity (Wildman–Crippen MR) is 56.2 cm³/mol. The van der Waals surface area contributed by atoms with Crippen molar-refractivity contribution in [3.05, 3.63) is 18.5 Å². The van der Waals surface area contributed by atoms with Gasteiger partial charge < -0.3 is 10.3 Å². The van der Waals surface area contributed by atoms with Gasteiger partial charge in [-0.1, -0.05) is 0 Å². The van der Waals surface area contributed by atoms with Gasteiger partial charge in [0.15, 0.2) is 0 Å². The summed E-state index contributed by atoms with van der Waals surface area (Å²) in [4.78, 5) is 14.0. The van der Waals surface area contributed by atoms with Crippen LogP contribution in [0.25, 0.3) is 0 Å². The number of Topliss-reactive ketones (excluding diaryl/α,β-unsaturated/α-hetero) is 1. The van der Waals surface area contributed by atoms with Crippen LogP contribution in [-0.2, 0) is 4.79 Å². The standard InChI is InChI=1S/C11H16N2O/c14-11-3-1-9(2-4-11)7-13-10-5-6-12-8-10/h5-6,8-9,12-13H,1-4,7H2. The largest absolute Gasteiger partial charge is 0.384 e. The molecule has 1 heterocycles. The van der Waals surface area contributed by atoms with Gasteiger partial charge in [0.2, 0.25) is 0 Å². The van der Waals surface area contributed by atoms with E-state index in [1.165, 1.54) is 0 Å². The van der Waals surface area contributed by atoms with Gasteiger partial charge in [-0.05, 0) is 24.8 Å². The zero-order chi connectivity index (χ0) is 9.80. The Morgan fingerprint density at radius 2 is 2.21 bits per heavy atom. The van der Waals surface area contributed by atoms with Crippen LogP contribution in [0, 0.1) is 5.92 Å². The molecule has 3 heteroatoms. The van der Waals surface area contributed by atoms with Crippen LogP contribution in [0.5, 0.6) is 0 Å². The molecule has 1 fully saturated rings. The van der Waals surface area contributed by atoms with Crippen molar-refractivity contribution in [3.63, 3.8) is 0 Å². The number of carbonyl (C=O) groups is 1. The average Bonchev–Trinajstić information content (AvgIpc) is 2.70. The number of H-pyrrole nitrogens is 1. The van der Waals surface area contributed by atoms with Crippen molar-refractivity contribution < 1.29 is 4.79 Å². The molecule has 2 N–H and O–H groups in total. The SMILES string of the molecule is O=C1CCC(CNc2cc[nH]c2)CC1. The van der Waals surface area contributed by atoms with Gasteiger partial charge >= 0.3 is 0 Å². The number of nitrogens with one attached hydrogen (secondary N) is 2. The number of aromatic nitrogens is 1. The van der Waals surface area contributed by atoms with Gasteiger partial charge in [0.05, 0.1) is 5.69 Å². The van der Waals surface area contributed by atoms with Gasteiger partial charge in [-0.2, -0.15) is 0 Å². The number of aromatic amines is 1. The summed E-state index contributed by atoms with van der Waals surface area (Å²) in [5.41, 5.74) is 1.14. The lowest BCUT2D eigenvalue weighted by Gasteiger charge is -2.21. The van der Waals surface area contributed by atoms with Gasteiger partial charge in [-0.3, -0.25) is 4.79 Å². The van der Waals surface area contributed by atoms with Crippen molar-refractivity contribution in [3.8, 4) is 0 Å². The Balaban J connectivity index is 1.73. The lowest BCUT2D eigenvalue weighted by Crippen LogP contribution is -2.20. The third kappa shape index (κ3) is 2.37. The van der Waals surface area contributed by atoms with Gasteiger partial charge in [-0.15, -0.1) is 0 Å². The van der Waals surface area contributed by atoms with Gasteiger partial charge in [0.25, 0.3) is 0 Å². The first-order valence-electron chi connectivity index (χ1n) is 5.23. The highest BCUT2D eigenvalue weighted by atomic mass is 16.1. The van der Waals surface area contributed by atoms with E-state index >= 15 is 0 Å². The van der Waals surface area contributed by atoms with E-state index in [-0.39, 0.29) is 0 Å². The van der Waals surface area contributed by atoms with Crippen molar-refractivity contribution in [2.45, 2.75) is 25.7 Å². The van der Waals surface area contributed by atoms with Crippen LogP contribution < -0.4 is 5.32 Å². The average molecular weight is 192 g/mol. The fraction of sp³-hybridized carbons (Fsp3) is 0.545. The van der Waals surface area contributed by atoms with E-state index in [4.69, 9.17) is 0 Å². The minimum absolute atomic E-state index is 0.433. The van der Waals surface area contributed by atoms with Crippen LogP contribution >= 0.6 is 0 Å². The quantitative estimate of drug-likeness (QED) is 0.771. The Kier molecular flexibility index (Phi) is 2.87. The summed E-state index contributed by atoms with van der Waals surface area (Å²) >= 11 is 0. The van der Waals surface area contributed by atoms with Crippen molar-refractivity contribution in [2.75, 3.05) is 11.9 Å². The van der Waals surface area contributed by atoms with Crippen molar-refractivity contribution in [1.29, 1.82) is 0 Å². The number of hydrogen-bond acceptors (Lipinski definition) is 2. The number of anilines is 1. The molecule has 0 spiro atoms. The highest BCUT2D eigenvalue weighted by molar-refractivity contribution is 5.79. The summed E-state index contributed by atoms with van der Waals surface area (Å²) in [6.07, 6.45) is 7.52. The van der Waals surface area contributed by atoms with E-state index in [9.17, 15) is 4.79 Å². The first kappa shape index (κ1) is 9.31. The third-order valence-electron chi connectivity index (χ3n) is 2.86. The molecule has 76 valence electrons. The Hall–Kier alpha value is -1.25. The minimum atomic E-state index is 0.433. The van der Waals surface area contributed by atoms with Crippen LogP contribution in [0.15, 0.2) is 18.5 Å². The molecule has 0 bridgehead atoms. The number of rotatable bonds is 3. The molecule has 1 aliphatic rings. The van der Waals surface area contributed by atoms with E-state index in [1.54, 1.807) is 0 Å². The molecule has 0 saturated heterocycles. The van der Waals surface area contributed by atoms with E-state index in [0.717, 1.165) is 37.9 Å². The van der Waals surface area contributed by atoms with Gasteiger partial charge in [0.1, 0.15) is 5.78 Å². The molecular formula is C11H16N2O. The van der Waals surface area contributed by atoms with Crippen LogP contribution in [0.1, 0.15) is 25.7 Å². The maximum absolute atomic E-state index is 11.0. The molecule has 0 unspecified atom stereocenters. The van der Waals surface area contributed by atoms with Crippen molar-refractivity contribution in [1.82, 2.24) is 4.98 Å². The number of ketones is 1. The minimum Gasteiger partial charge on any atom is -0.384 e. The third-order valence-corrected chi connectivity index (χ3v) is 2.86. The lowest BCUT2D eigenvalue weighted by atomic mass is 9.88. The Morgan fingerprint density at radius 1 is 1.43 bits per heavy atom. The second kappa shape index (κ2) is 4.31. The summed E-state index contributed by atoms with van der Waals surface area (Å²) in [6.45, 7) is 0.991. The van der Waals surface area contributed by atoms with Crippen molar-refractivity contribution >= 4 is 11.5 Å². The molecule has 1 aromatic rings. The molecular weight excluding hydrogens is 176 g/mol. The molecule has 1 aliphatic carbocycles. The molecule has 0 aliphatic heterocycles. The lowest BCUT2D eigenvalue weighted by molar-refractivity contribution is -0.120. The maximum atomic E-state index is 11.0. The van der Waals surface area contributed by atoms with Crippen molar-refractivity contribution in [2.24, 2.45) is 5.92 Å². The summed E-state index contributed by atoms with van der Waals surface area (Å²) in [7, 11) is 0. The summed E-state index contributed by atoms with van der Waals surface area (Å²) in [6, 6.07) is 2.02. The summed E-state index contributed by atoms with van der Waals surface area (Å²) in [5, 5.41) is 3.37. The Morgan fingerprint density at radius 3 is 2.86 bits per heavy atom. The van der Waals surface area contributed by atoms with Crippen LogP contribution in [0.4, 0.5) is 5.69 Å². The molecule has 0 atom stereocenters. The van der Waals surface area contributed by atoms with E-state index in [1.807, 2.05) is 18.5 Å². The highest BCUT2D eigenvalue weighted by Gasteiger charge is 2.18. The van der Waals surface area contributed by atoms with Crippen LogP contribution in [-0.4, -0.2) is 17.3 Å². The summed E-state index contributed by atoms with van der Waals surface area (Å²) in [5.74, 6) is 1.10. The van der Waals surface area contributed by atoms with Crippen LogP contribution in [0.3, 0.4) is 0 Å². The smallest absolute Gasteiger partial charge is 0.132 e. The molecule has 1 aromatic heterocycles.